The zero-order chi connectivity index (χ0) is 18.1. The highest BCUT2D eigenvalue weighted by molar-refractivity contribution is 5.89. The van der Waals surface area contributed by atoms with Crippen LogP contribution in [-0.2, 0) is 9.53 Å². The lowest BCUT2D eigenvalue weighted by atomic mass is 9.82. The van der Waals surface area contributed by atoms with Gasteiger partial charge >= 0.3 is 18.3 Å². The number of hydrogen-bond acceptors (Lipinski definition) is 3. The molecule has 0 spiro atoms. The summed E-state index contributed by atoms with van der Waals surface area (Å²) in [4.78, 5) is 11.4. The summed E-state index contributed by atoms with van der Waals surface area (Å²) < 4.78 is 79.6. The quantitative estimate of drug-likeness (QED) is 0.483. The topological polar surface area (TPSA) is 46.5 Å². The molecule has 0 aliphatic heterocycles. The van der Waals surface area contributed by atoms with Gasteiger partial charge in [-0.15, -0.1) is 0 Å². The van der Waals surface area contributed by atoms with Gasteiger partial charge in [0.15, 0.2) is 5.60 Å². The number of carbonyl (C=O) groups excluding carboxylic acids is 1. The molecule has 0 aliphatic rings. The first-order chi connectivity index (χ1) is 9.39. The molecule has 0 rings (SSSR count). The molecule has 0 heterocycles. The molecule has 0 aromatic rings. The lowest BCUT2D eigenvalue weighted by Gasteiger charge is -2.36. The molecule has 0 bridgehead atoms. The lowest BCUT2D eigenvalue weighted by molar-refractivity contribution is -0.265. The Balaban J connectivity index is 5.29. The van der Waals surface area contributed by atoms with Gasteiger partial charge in [-0.25, -0.2) is 4.79 Å². The lowest BCUT2D eigenvalue weighted by Crippen LogP contribution is -2.48. The Kier molecular flexibility index (Phi) is 5.75. The second-order valence-electron chi connectivity index (χ2n) is 6.21. The van der Waals surface area contributed by atoms with Gasteiger partial charge in [0, 0.05) is 6.42 Å². The van der Waals surface area contributed by atoms with Crippen molar-refractivity contribution in [2.24, 2.45) is 5.41 Å². The van der Waals surface area contributed by atoms with Gasteiger partial charge in [-0.1, -0.05) is 27.4 Å². The van der Waals surface area contributed by atoms with E-state index in [4.69, 9.17) is 0 Å². The third-order valence-corrected chi connectivity index (χ3v) is 3.00. The number of aliphatic hydroxyl groups is 1. The maximum atomic E-state index is 12.7. The Morgan fingerprint density at radius 2 is 1.50 bits per heavy atom. The maximum Gasteiger partial charge on any atom is 0.422 e. The van der Waals surface area contributed by atoms with Crippen LogP contribution in [0.4, 0.5) is 26.3 Å². The van der Waals surface area contributed by atoms with Crippen molar-refractivity contribution in [2.45, 2.75) is 58.2 Å². The van der Waals surface area contributed by atoms with E-state index in [1.54, 1.807) is 0 Å². The van der Waals surface area contributed by atoms with Crippen LogP contribution in [0.2, 0.25) is 0 Å². The van der Waals surface area contributed by atoms with Crippen molar-refractivity contribution < 1.29 is 41.0 Å². The molecule has 1 N–H and O–H groups in total. The summed E-state index contributed by atoms with van der Waals surface area (Å²) in [7, 11) is 0. The average molecular weight is 336 g/mol. The SMILES string of the molecule is C=C(C(=O)OC(CC(C)(O)C(F)(F)F)C(C)(C)C)C(F)(F)F. The van der Waals surface area contributed by atoms with E-state index in [-0.39, 0.29) is 0 Å². The van der Waals surface area contributed by atoms with E-state index >= 15 is 0 Å². The first kappa shape index (κ1) is 20.8. The Bertz CT molecular complexity index is 429. The fraction of sp³-hybridized carbons (Fsp3) is 0.769. The fourth-order valence-electron chi connectivity index (χ4n) is 1.32. The number of ether oxygens (including phenoxy) is 1. The van der Waals surface area contributed by atoms with Crippen LogP contribution in [0.3, 0.4) is 0 Å². The Labute approximate surface area is 123 Å². The largest absolute Gasteiger partial charge is 0.458 e. The van der Waals surface area contributed by atoms with Crippen LogP contribution >= 0.6 is 0 Å². The van der Waals surface area contributed by atoms with Gasteiger partial charge < -0.3 is 9.84 Å². The van der Waals surface area contributed by atoms with E-state index in [9.17, 15) is 36.2 Å². The summed E-state index contributed by atoms with van der Waals surface area (Å²) in [5, 5.41) is 9.44. The molecule has 3 nitrogen and oxygen atoms in total. The predicted octanol–water partition coefficient (Wildman–Crippen LogP) is 3.77. The van der Waals surface area contributed by atoms with E-state index in [1.165, 1.54) is 20.8 Å². The number of carbonyl (C=O) groups is 1. The van der Waals surface area contributed by atoms with Crippen LogP contribution in [0.5, 0.6) is 0 Å². The van der Waals surface area contributed by atoms with E-state index in [0.29, 0.717) is 6.92 Å². The summed E-state index contributed by atoms with van der Waals surface area (Å²) >= 11 is 0. The fourth-order valence-corrected chi connectivity index (χ4v) is 1.32. The maximum absolute atomic E-state index is 12.7. The molecule has 0 radical (unpaired) electrons. The van der Waals surface area contributed by atoms with Crippen LogP contribution < -0.4 is 0 Å². The molecule has 0 aromatic heterocycles. The zero-order valence-electron chi connectivity index (χ0n) is 12.5. The molecule has 0 aromatic carbocycles. The second-order valence-corrected chi connectivity index (χ2v) is 6.21. The minimum atomic E-state index is -5.05. The zero-order valence-corrected chi connectivity index (χ0v) is 12.5. The summed E-state index contributed by atoms with van der Waals surface area (Å²) in [6, 6.07) is 0. The molecule has 0 saturated heterocycles. The average Bonchev–Trinajstić information content (AvgIpc) is 2.22. The van der Waals surface area contributed by atoms with Crippen LogP contribution in [-0.4, -0.2) is 35.1 Å². The first-order valence-corrected chi connectivity index (χ1v) is 6.16. The van der Waals surface area contributed by atoms with E-state index < -0.39 is 47.4 Å². The van der Waals surface area contributed by atoms with Crippen molar-refractivity contribution >= 4 is 5.97 Å². The Morgan fingerprint density at radius 1 is 1.09 bits per heavy atom. The molecule has 0 aliphatic carbocycles. The van der Waals surface area contributed by atoms with Crippen molar-refractivity contribution in [2.75, 3.05) is 0 Å². The smallest absolute Gasteiger partial charge is 0.422 e. The normalized spacial score (nSPS) is 17.6. The van der Waals surface area contributed by atoms with E-state index in [1.807, 2.05) is 0 Å². The second kappa shape index (κ2) is 6.10. The Morgan fingerprint density at radius 3 is 1.77 bits per heavy atom. The summed E-state index contributed by atoms with van der Waals surface area (Å²) in [6.45, 7) is 7.08. The standard InChI is InChI=1S/C13H18F6O3/c1-7(12(14,15)16)9(20)22-8(10(2,3)4)6-11(5,21)13(17,18)19/h8,21H,1,6H2,2-5H3. The summed E-state index contributed by atoms with van der Waals surface area (Å²) in [6.07, 6.45) is -12.8. The highest BCUT2D eigenvalue weighted by Gasteiger charge is 2.53. The Hall–Kier alpha value is -1.25. The monoisotopic (exact) mass is 336 g/mol. The summed E-state index contributed by atoms with van der Waals surface area (Å²) in [5.41, 5.74) is -6.17. The van der Waals surface area contributed by atoms with Crippen LogP contribution in [0.15, 0.2) is 12.2 Å². The minimum absolute atomic E-state index is 0.457. The molecule has 0 fully saturated rings. The molecule has 0 amide bonds. The van der Waals surface area contributed by atoms with Crippen molar-refractivity contribution in [3.63, 3.8) is 0 Å². The summed E-state index contributed by atoms with van der Waals surface area (Å²) in [5.74, 6) is -1.87. The molecule has 0 saturated carbocycles. The van der Waals surface area contributed by atoms with E-state index in [2.05, 4.69) is 11.3 Å². The number of esters is 1. The van der Waals surface area contributed by atoms with Gasteiger partial charge in [0.05, 0.1) is 0 Å². The number of hydrogen-bond donors (Lipinski definition) is 1. The molecular formula is C13H18F6O3. The number of halogens is 6. The van der Waals surface area contributed by atoms with Crippen LogP contribution in [0.1, 0.15) is 34.1 Å². The van der Waals surface area contributed by atoms with Crippen LogP contribution in [0, 0.1) is 5.41 Å². The highest BCUT2D eigenvalue weighted by atomic mass is 19.4. The van der Waals surface area contributed by atoms with Gasteiger partial charge in [-0.05, 0) is 12.3 Å². The van der Waals surface area contributed by atoms with Gasteiger partial charge in [0.1, 0.15) is 11.7 Å². The van der Waals surface area contributed by atoms with Gasteiger partial charge in [-0.3, -0.25) is 0 Å². The minimum Gasteiger partial charge on any atom is -0.458 e. The van der Waals surface area contributed by atoms with Gasteiger partial charge in [-0.2, -0.15) is 26.3 Å². The molecule has 2 unspecified atom stereocenters. The van der Waals surface area contributed by atoms with Gasteiger partial charge in [0.2, 0.25) is 0 Å². The van der Waals surface area contributed by atoms with Crippen LogP contribution in [0.25, 0.3) is 0 Å². The van der Waals surface area contributed by atoms with Crippen molar-refractivity contribution in [3.05, 3.63) is 12.2 Å². The van der Waals surface area contributed by atoms with Crippen molar-refractivity contribution in [3.8, 4) is 0 Å². The van der Waals surface area contributed by atoms with Gasteiger partial charge in [0.25, 0.3) is 0 Å². The molecule has 130 valence electrons. The predicted molar refractivity (Wildman–Crippen MR) is 65.8 cm³/mol. The number of rotatable bonds is 4. The molecular weight excluding hydrogens is 318 g/mol. The molecule has 2 atom stereocenters. The number of alkyl halides is 6. The highest BCUT2D eigenvalue weighted by Crippen LogP contribution is 2.39. The molecule has 22 heavy (non-hydrogen) atoms. The third kappa shape index (κ3) is 5.51. The van der Waals surface area contributed by atoms with Crippen molar-refractivity contribution in [1.82, 2.24) is 0 Å². The third-order valence-electron chi connectivity index (χ3n) is 3.00. The first-order valence-electron chi connectivity index (χ1n) is 6.16. The molecule has 9 heteroatoms. The van der Waals surface area contributed by atoms with E-state index in [0.717, 1.165) is 0 Å². The van der Waals surface area contributed by atoms with Crippen molar-refractivity contribution in [1.29, 1.82) is 0 Å².